The Morgan fingerprint density at radius 2 is 1.74 bits per heavy atom. The number of hydrogen-bond donors (Lipinski definition) is 3. The Bertz CT molecular complexity index is 1540. The maximum atomic E-state index is 13.2. The third-order valence-corrected chi connectivity index (χ3v) is 8.41. The van der Waals surface area contributed by atoms with Crippen LogP contribution in [-0.2, 0) is 4.79 Å². The van der Waals surface area contributed by atoms with Crippen LogP contribution in [0.5, 0.6) is 11.5 Å². The predicted octanol–water partition coefficient (Wildman–Crippen LogP) is 5.23. The Morgan fingerprint density at radius 3 is 2.35 bits per heavy atom. The molecule has 1 aromatic heterocycles. The summed E-state index contributed by atoms with van der Waals surface area (Å²) >= 11 is 12.8. The van der Waals surface area contributed by atoms with E-state index < -0.39 is 6.03 Å². The van der Waals surface area contributed by atoms with Crippen LogP contribution in [0.4, 0.5) is 39.2 Å². The van der Waals surface area contributed by atoms with Crippen LogP contribution in [0.3, 0.4) is 0 Å². The van der Waals surface area contributed by atoms with Crippen LogP contribution in [0.25, 0.3) is 0 Å². The number of methoxy groups -OCH3 is 2. The molecule has 5 rings (SSSR count). The molecule has 43 heavy (non-hydrogen) atoms. The standard InChI is InChI=1S/C29H32Cl2N8O4/c1-6-25(40)35-20-10-16(39-14-17-9-18(39)13-37(17)2)7-8-19(20)34-23-12-24(33-15-32-23)38(3)29(41)36-28-26(30)21(42-4)11-22(43-5)27(28)31/h6-8,10-12,15,17-18H,1,9,13-14H2,2-5H3,(H,35,40)(H,36,41)(H,32,33,34)/t17-,18-/m0/s1. The zero-order chi connectivity index (χ0) is 30.8. The van der Waals surface area contributed by atoms with Gasteiger partial charge in [0.2, 0.25) is 5.91 Å². The number of carbonyl (C=O) groups is 2. The van der Waals surface area contributed by atoms with Crippen molar-refractivity contribution in [2.75, 3.05) is 67.2 Å². The second-order valence-electron chi connectivity index (χ2n) is 10.2. The van der Waals surface area contributed by atoms with Crippen molar-refractivity contribution in [2.24, 2.45) is 0 Å². The van der Waals surface area contributed by atoms with E-state index in [1.807, 2.05) is 18.2 Å². The molecule has 0 saturated carbocycles. The molecule has 0 unspecified atom stereocenters. The van der Waals surface area contributed by atoms with Crippen molar-refractivity contribution in [2.45, 2.75) is 18.5 Å². The van der Waals surface area contributed by atoms with Crippen molar-refractivity contribution in [1.29, 1.82) is 0 Å². The molecule has 226 valence electrons. The summed E-state index contributed by atoms with van der Waals surface area (Å²) in [5.41, 5.74) is 2.33. The molecule has 0 radical (unpaired) electrons. The quantitative estimate of drug-likeness (QED) is 0.274. The fraction of sp³-hybridized carbons (Fsp3) is 0.310. The third kappa shape index (κ3) is 6.12. The van der Waals surface area contributed by atoms with Crippen molar-refractivity contribution in [3.05, 3.63) is 59.4 Å². The van der Waals surface area contributed by atoms with Gasteiger partial charge in [0.1, 0.15) is 39.5 Å². The highest BCUT2D eigenvalue weighted by Gasteiger charge is 2.41. The lowest BCUT2D eigenvalue weighted by Gasteiger charge is -2.34. The number of likely N-dealkylation sites (tertiary alicyclic amines) is 1. The minimum atomic E-state index is -0.572. The number of hydrogen-bond acceptors (Lipinski definition) is 9. The second-order valence-corrected chi connectivity index (χ2v) is 11.0. The topological polar surface area (TPSA) is 124 Å². The molecule has 3 heterocycles. The molecule has 2 aliphatic rings. The minimum absolute atomic E-state index is 0.117. The zero-order valence-electron chi connectivity index (χ0n) is 24.1. The van der Waals surface area contributed by atoms with Gasteiger partial charge in [-0.1, -0.05) is 29.8 Å². The minimum Gasteiger partial charge on any atom is -0.495 e. The first-order chi connectivity index (χ1) is 20.6. The van der Waals surface area contributed by atoms with Crippen LogP contribution in [-0.4, -0.2) is 80.3 Å². The summed E-state index contributed by atoms with van der Waals surface area (Å²) in [5.74, 6) is 0.901. The van der Waals surface area contributed by atoms with Crippen molar-refractivity contribution < 1.29 is 19.1 Å². The number of halogens is 2. The molecule has 3 amide bonds. The molecular formula is C29H32Cl2N8O4. The Morgan fingerprint density at radius 1 is 1.02 bits per heavy atom. The number of piperazine rings is 1. The van der Waals surface area contributed by atoms with Gasteiger partial charge in [0.15, 0.2) is 0 Å². The van der Waals surface area contributed by atoms with Gasteiger partial charge in [0, 0.05) is 50.0 Å². The van der Waals surface area contributed by atoms with Crippen LogP contribution < -0.4 is 35.2 Å². The largest absolute Gasteiger partial charge is 0.495 e. The number of fused-ring (bicyclic) bond motifs is 2. The van der Waals surface area contributed by atoms with Gasteiger partial charge in [-0.3, -0.25) is 14.6 Å². The van der Waals surface area contributed by atoms with Gasteiger partial charge in [0.05, 0.1) is 31.3 Å². The van der Waals surface area contributed by atoms with Crippen LogP contribution >= 0.6 is 23.2 Å². The number of urea groups is 1. The van der Waals surface area contributed by atoms with Gasteiger partial charge in [-0.25, -0.2) is 14.8 Å². The van der Waals surface area contributed by atoms with E-state index in [1.165, 1.54) is 44.6 Å². The summed E-state index contributed by atoms with van der Waals surface area (Å²) in [6.07, 6.45) is 3.67. The van der Waals surface area contributed by atoms with E-state index in [9.17, 15) is 9.59 Å². The molecule has 2 fully saturated rings. The molecule has 3 N–H and O–H groups in total. The van der Waals surface area contributed by atoms with Crippen LogP contribution in [0.1, 0.15) is 6.42 Å². The number of amides is 3. The Hall–Kier alpha value is -4.26. The van der Waals surface area contributed by atoms with E-state index in [4.69, 9.17) is 32.7 Å². The smallest absolute Gasteiger partial charge is 0.327 e. The summed E-state index contributed by atoms with van der Waals surface area (Å²) in [4.78, 5) is 40.1. The average Bonchev–Trinajstić information content (AvgIpc) is 3.59. The number of anilines is 6. The molecule has 2 atom stereocenters. The Kier molecular flexibility index (Phi) is 8.81. The monoisotopic (exact) mass is 626 g/mol. The van der Waals surface area contributed by atoms with Gasteiger partial charge >= 0.3 is 6.03 Å². The summed E-state index contributed by atoms with van der Waals surface area (Å²) in [6.45, 7) is 5.52. The number of rotatable bonds is 9. The number of nitrogens with one attached hydrogen (secondary N) is 3. The lowest BCUT2D eigenvalue weighted by Crippen LogP contribution is -2.44. The highest BCUT2D eigenvalue weighted by Crippen LogP contribution is 2.44. The SMILES string of the molecule is C=CC(=O)Nc1cc(N2C[C@@H]3C[C@H]2CN3C)ccc1Nc1cc(N(C)C(=O)Nc2c(Cl)c(OC)cc(OC)c2Cl)ncn1. The van der Waals surface area contributed by atoms with Crippen LogP contribution in [0.2, 0.25) is 10.0 Å². The van der Waals surface area contributed by atoms with Gasteiger partial charge < -0.3 is 30.3 Å². The zero-order valence-corrected chi connectivity index (χ0v) is 25.7. The highest BCUT2D eigenvalue weighted by molar-refractivity contribution is 6.41. The Balaban J connectivity index is 1.36. The van der Waals surface area contributed by atoms with Crippen LogP contribution in [0, 0.1) is 0 Å². The molecule has 12 nitrogen and oxygen atoms in total. The first kappa shape index (κ1) is 30.2. The summed E-state index contributed by atoms with van der Waals surface area (Å²) in [6, 6.07) is 9.37. The van der Waals surface area contributed by atoms with Gasteiger partial charge in [-0.15, -0.1) is 0 Å². The summed E-state index contributed by atoms with van der Waals surface area (Å²) in [7, 11) is 6.57. The summed E-state index contributed by atoms with van der Waals surface area (Å²) < 4.78 is 10.6. The number of likely N-dealkylation sites (N-methyl/N-ethyl adjacent to an activating group) is 1. The maximum absolute atomic E-state index is 13.2. The number of carbonyl (C=O) groups excluding carboxylic acids is 2. The average molecular weight is 628 g/mol. The fourth-order valence-corrected chi connectivity index (χ4v) is 5.91. The van der Waals surface area contributed by atoms with Crippen molar-refractivity contribution in [1.82, 2.24) is 14.9 Å². The van der Waals surface area contributed by atoms with Gasteiger partial charge in [-0.2, -0.15) is 0 Å². The number of aromatic nitrogens is 2. The van der Waals surface area contributed by atoms with E-state index >= 15 is 0 Å². The normalized spacial score (nSPS) is 17.4. The molecule has 2 aromatic carbocycles. The number of nitrogens with zero attached hydrogens (tertiary/aromatic N) is 5. The maximum Gasteiger partial charge on any atom is 0.327 e. The van der Waals surface area contributed by atoms with Gasteiger partial charge in [0.25, 0.3) is 0 Å². The van der Waals surface area contributed by atoms with E-state index in [2.05, 4.69) is 49.3 Å². The lowest BCUT2D eigenvalue weighted by molar-refractivity contribution is -0.111. The van der Waals surface area contributed by atoms with Gasteiger partial charge in [-0.05, 0) is 37.7 Å². The number of ether oxygens (including phenoxy) is 2. The Labute approximate surface area is 259 Å². The van der Waals surface area contributed by atoms with E-state index in [-0.39, 0.29) is 39.0 Å². The first-order valence-electron chi connectivity index (χ1n) is 13.4. The molecule has 0 spiro atoms. The number of benzene rings is 2. The molecule has 2 bridgehead atoms. The fourth-order valence-electron chi connectivity index (χ4n) is 5.32. The van der Waals surface area contributed by atoms with Crippen molar-refractivity contribution in [3.63, 3.8) is 0 Å². The summed E-state index contributed by atoms with van der Waals surface area (Å²) in [5, 5.41) is 9.05. The first-order valence-corrected chi connectivity index (χ1v) is 14.2. The second kappa shape index (κ2) is 12.5. The molecule has 2 saturated heterocycles. The molecule has 2 aliphatic heterocycles. The van der Waals surface area contributed by atoms with E-state index in [0.29, 0.717) is 29.3 Å². The molecule has 3 aromatic rings. The lowest BCUT2D eigenvalue weighted by atomic mass is 10.2. The predicted molar refractivity (Wildman–Crippen MR) is 170 cm³/mol. The van der Waals surface area contributed by atoms with Crippen molar-refractivity contribution >= 4 is 69.5 Å². The molecular weight excluding hydrogens is 595 g/mol. The third-order valence-electron chi connectivity index (χ3n) is 7.66. The van der Waals surface area contributed by atoms with Crippen LogP contribution in [0.15, 0.2) is 49.3 Å². The molecule has 14 heteroatoms. The van der Waals surface area contributed by atoms with E-state index in [0.717, 1.165) is 25.2 Å². The highest BCUT2D eigenvalue weighted by atomic mass is 35.5. The molecule has 0 aliphatic carbocycles. The van der Waals surface area contributed by atoms with E-state index in [1.54, 1.807) is 6.07 Å². The van der Waals surface area contributed by atoms with Crippen molar-refractivity contribution in [3.8, 4) is 11.5 Å².